The van der Waals surface area contributed by atoms with Gasteiger partial charge in [0, 0.05) is 6.42 Å². The molecule has 0 spiro atoms. The van der Waals surface area contributed by atoms with Crippen LogP contribution in [0.2, 0.25) is 0 Å². The van der Waals surface area contributed by atoms with Crippen molar-refractivity contribution in [2.24, 2.45) is 40.4 Å². The minimum atomic E-state index is -0.811. The standard InChI is InChI=1S/C24H32N2O/c1-23-11-4-3-5-17(23)6-7-18-19-8-9-21(22(27)13-16(14-25)15-26)24(19,2)12-10-20(18)23/h9,16-20H,3-8,10-13H2,1-2H3/t17?,18-,19-,20-,23-,24-/m0/s1. The van der Waals surface area contributed by atoms with Gasteiger partial charge in [-0.2, -0.15) is 10.5 Å². The highest BCUT2D eigenvalue weighted by molar-refractivity contribution is 5.97. The van der Waals surface area contributed by atoms with E-state index in [0.29, 0.717) is 11.3 Å². The summed E-state index contributed by atoms with van der Waals surface area (Å²) in [6.45, 7) is 4.88. The normalized spacial score (nSPS) is 42.9. The summed E-state index contributed by atoms with van der Waals surface area (Å²) in [5.41, 5.74) is 1.42. The molecule has 0 aromatic carbocycles. The van der Waals surface area contributed by atoms with E-state index in [0.717, 1.165) is 36.2 Å². The third-order valence-corrected chi connectivity index (χ3v) is 9.17. The molecule has 3 saturated carbocycles. The van der Waals surface area contributed by atoms with Crippen molar-refractivity contribution in [3.05, 3.63) is 11.6 Å². The summed E-state index contributed by atoms with van der Waals surface area (Å²) in [4.78, 5) is 12.9. The summed E-state index contributed by atoms with van der Waals surface area (Å²) >= 11 is 0. The first-order valence-corrected chi connectivity index (χ1v) is 11.0. The zero-order chi connectivity index (χ0) is 19.2. The lowest BCUT2D eigenvalue weighted by molar-refractivity contribution is -0.120. The molecule has 0 saturated heterocycles. The van der Waals surface area contributed by atoms with Crippen LogP contribution in [0.15, 0.2) is 11.6 Å². The first kappa shape index (κ1) is 18.7. The molecule has 0 N–H and O–H groups in total. The van der Waals surface area contributed by atoms with Crippen molar-refractivity contribution in [1.29, 1.82) is 10.5 Å². The summed E-state index contributed by atoms with van der Waals surface area (Å²) in [5.74, 6) is 2.30. The highest BCUT2D eigenvalue weighted by atomic mass is 16.1. The molecular formula is C24H32N2O. The Balaban J connectivity index is 1.55. The van der Waals surface area contributed by atoms with E-state index >= 15 is 0 Å². The molecule has 144 valence electrons. The van der Waals surface area contributed by atoms with Crippen LogP contribution >= 0.6 is 0 Å². The van der Waals surface area contributed by atoms with E-state index in [9.17, 15) is 4.79 Å². The number of allylic oxidation sites excluding steroid dienone is 2. The molecule has 0 aliphatic heterocycles. The minimum absolute atomic E-state index is 0.0361. The maximum absolute atomic E-state index is 12.9. The summed E-state index contributed by atoms with van der Waals surface area (Å²) in [7, 11) is 0. The molecule has 0 heterocycles. The molecule has 0 radical (unpaired) electrons. The second-order valence-electron chi connectivity index (χ2n) is 10.2. The Morgan fingerprint density at radius 2 is 1.89 bits per heavy atom. The van der Waals surface area contributed by atoms with Crippen molar-refractivity contribution in [3.63, 3.8) is 0 Å². The Hall–Kier alpha value is -1.61. The maximum Gasteiger partial charge on any atom is 0.161 e. The molecule has 0 aromatic heterocycles. The van der Waals surface area contributed by atoms with Crippen LogP contribution < -0.4 is 0 Å². The predicted octanol–water partition coefficient (Wildman–Crippen LogP) is 5.58. The van der Waals surface area contributed by atoms with Crippen LogP contribution in [0.3, 0.4) is 0 Å². The molecule has 3 fully saturated rings. The fourth-order valence-corrected chi connectivity index (χ4v) is 7.71. The van der Waals surface area contributed by atoms with E-state index in [2.05, 4.69) is 19.9 Å². The van der Waals surface area contributed by atoms with Gasteiger partial charge in [-0.3, -0.25) is 4.79 Å². The minimum Gasteiger partial charge on any atom is -0.294 e. The van der Waals surface area contributed by atoms with E-state index in [-0.39, 0.29) is 17.6 Å². The number of carbonyl (C=O) groups is 1. The number of fused-ring (bicyclic) bond motifs is 5. The lowest BCUT2D eigenvalue weighted by Crippen LogP contribution is -2.52. The molecule has 27 heavy (non-hydrogen) atoms. The van der Waals surface area contributed by atoms with Crippen LogP contribution in [0, 0.1) is 63.1 Å². The van der Waals surface area contributed by atoms with Gasteiger partial charge in [0.1, 0.15) is 5.92 Å². The molecule has 4 aliphatic carbocycles. The van der Waals surface area contributed by atoms with Gasteiger partial charge in [-0.15, -0.1) is 0 Å². The molecular weight excluding hydrogens is 332 g/mol. The third kappa shape index (κ3) is 2.77. The lowest BCUT2D eigenvalue weighted by atomic mass is 9.45. The molecule has 0 bridgehead atoms. The second-order valence-corrected chi connectivity index (χ2v) is 10.2. The predicted molar refractivity (Wildman–Crippen MR) is 104 cm³/mol. The fraction of sp³-hybridized carbons (Fsp3) is 0.792. The fourth-order valence-electron chi connectivity index (χ4n) is 7.71. The molecule has 6 atom stereocenters. The number of ketones is 1. The topological polar surface area (TPSA) is 64.7 Å². The van der Waals surface area contributed by atoms with Gasteiger partial charge in [0.2, 0.25) is 0 Å². The second kappa shape index (κ2) is 6.77. The number of hydrogen-bond donors (Lipinski definition) is 0. The third-order valence-electron chi connectivity index (χ3n) is 9.17. The van der Waals surface area contributed by atoms with E-state index < -0.39 is 5.92 Å². The van der Waals surface area contributed by atoms with E-state index in [1.165, 1.54) is 44.9 Å². The van der Waals surface area contributed by atoms with Gasteiger partial charge < -0.3 is 0 Å². The molecule has 0 aromatic rings. The molecule has 3 nitrogen and oxygen atoms in total. The van der Waals surface area contributed by atoms with Crippen molar-refractivity contribution in [2.75, 3.05) is 0 Å². The van der Waals surface area contributed by atoms with Gasteiger partial charge >= 0.3 is 0 Å². The molecule has 4 rings (SSSR count). The van der Waals surface area contributed by atoms with Crippen LogP contribution in [0.25, 0.3) is 0 Å². The zero-order valence-corrected chi connectivity index (χ0v) is 16.8. The molecule has 3 heteroatoms. The number of rotatable bonds is 3. The number of Topliss-reactive ketones (excluding diaryl/α,β-unsaturated/α-hetero) is 1. The average molecular weight is 365 g/mol. The van der Waals surface area contributed by atoms with Gasteiger partial charge in [0.05, 0.1) is 12.1 Å². The molecule has 4 aliphatic rings. The van der Waals surface area contributed by atoms with Crippen molar-refractivity contribution in [2.45, 2.75) is 78.1 Å². The first-order valence-electron chi connectivity index (χ1n) is 11.0. The van der Waals surface area contributed by atoms with Crippen LogP contribution in [0.5, 0.6) is 0 Å². The molecule has 0 amide bonds. The Morgan fingerprint density at radius 3 is 2.63 bits per heavy atom. The van der Waals surface area contributed by atoms with Crippen molar-refractivity contribution in [3.8, 4) is 12.1 Å². The van der Waals surface area contributed by atoms with Crippen molar-refractivity contribution < 1.29 is 4.79 Å². The largest absolute Gasteiger partial charge is 0.294 e. The number of nitrogens with zero attached hydrogens (tertiary/aromatic N) is 2. The smallest absolute Gasteiger partial charge is 0.161 e. The SMILES string of the molecule is C[C@]12CCCCC1CC[C@@H]1[C@@H]2CC[C@]2(C)C(C(=O)CC(C#N)C#N)=CC[C@@H]12. The zero-order valence-electron chi connectivity index (χ0n) is 16.8. The average Bonchev–Trinajstić information content (AvgIpc) is 3.02. The van der Waals surface area contributed by atoms with Gasteiger partial charge in [0.25, 0.3) is 0 Å². The number of hydrogen-bond acceptors (Lipinski definition) is 3. The Morgan fingerprint density at radius 1 is 1.11 bits per heavy atom. The van der Waals surface area contributed by atoms with Crippen molar-refractivity contribution in [1.82, 2.24) is 0 Å². The van der Waals surface area contributed by atoms with Crippen LogP contribution in [0.4, 0.5) is 0 Å². The summed E-state index contributed by atoms with van der Waals surface area (Å²) < 4.78 is 0. The van der Waals surface area contributed by atoms with Crippen LogP contribution in [-0.2, 0) is 4.79 Å². The maximum atomic E-state index is 12.9. The van der Waals surface area contributed by atoms with Gasteiger partial charge in [0.15, 0.2) is 5.78 Å². The highest BCUT2D eigenvalue weighted by Gasteiger charge is 2.58. The summed E-state index contributed by atoms with van der Waals surface area (Å²) in [5, 5.41) is 18.1. The first-order chi connectivity index (χ1) is 12.9. The van der Waals surface area contributed by atoms with Crippen LogP contribution in [-0.4, -0.2) is 5.78 Å². The van der Waals surface area contributed by atoms with E-state index in [4.69, 9.17) is 10.5 Å². The number of nitriles is 2. The lowest BCUT2D eigenvalue weighted by Gasteiger charge is -2.60. The van der Waals surface area contributed by atoms with E-state index in [1.807, 2.05) is 12.1 Å². The van der Waals surface area contributed by atoms with Crippen molar-refractivity contribution >= 4 is 5.78 Å². The van der Waals surface area contributed by atoms with Gasteiger partial charge in [-0.1, -0.05) is 32.8 Å². The summed E-state index contributed by atoms with van der Waals surface area (Å²) in [6.07, 6.45) is 13.9. The summed E-state index contributed by atoms with van der Waals surface area (Å²) in [6, 6.07) is 3.93. The Labute approximate surface area is 163 Å². The Kier molecular flexibility index (Phi) is 4.70. The highest BCUT2D eigenvalue weighted by Crippen LogP contribution is 2.66. The quantitative estimate of drug-likeness (QED) is 0.657. The van der Waals surface area contributed by atoms with Gasteiger partial charge in [-0.05, 0) is 85.0 Å². The number of carbonyl (C=O) groups excluding carboxylic acids is 1. The molecule has 1 unspecified atom stereocenters. The monoisotopic (exact) mass is 364 g/mol. The van der Waals surface area contributed by atoms with E-state index in [1.54, 1.807) is 0 Å². The Bertz CT molecular complexity index is 726. The van der Waals surface area contributed by atoms with Gasteiger partial charge in [-0.25, -0.2) is 0 Å². The van der Waals surface area contributed by atoms with Crippen LogP contribution in [0.1, 0.15) is 78.1 Å².